The number of rotatable bonds is 5. The fourth-order valence-corrected chi connectivity index (χ4v) is 1.62. The summed E-state index contributed by atoms with van der Waals surface area (Å²) in [6.07, 6.45) is -0.687. The van der Waals surface area contributed by atoms with Crippen molar-refractivity contribution in [3.8, 4) is 0 Å². The Labute approximate surface area is 99.0 Å². The minimum atomic E-state index is -1.57. The molecule has 17 heavy (non-hydrogen) atoms. The first-order valence-corrected chi connectivity index (χ1v) is 5.15. The first kappa shape index (κ1) is 14.0. The topological polar surface area (TPSA) is 38.7 Å². The second kappa shape index (κ2) is 5.53. The molecular weight excluding hydrogens is 230 g/mol. The molecule has 0 radical (unpaired) electrons. The monoisotopic (exact) mass is 246 g/mol. The number of halogens is 2. The van der Waals surface area contributed by atoms with E-state index in [2.05, 4.69) is 0 Å². The summed E-state index contributed by atoms with van der Waals surface area (Å²) in [5.74, 6) is -2.04. The number of aliphatic hydroxyl groups is 1. The van der Waals surface area contributed by atoms with Gasteiger partial charge in [0.2, 0.25) is 0 Å². The predicted molar refractivity (Wildman–Crippen MR) is 58.4 cm³/mol. The molecule has 1 atom stereocenters. The molecule has 1 rings (SSSR count). The third kappa shape index (κ3) is 3.21. The Balaban J connectivity index is 3.00. The van der Waals surface area contributed by atoms with Gasteiger partial charge >= 0.3 is 0 Å². The first-order valence-electron chi connectivity index (χ1n) is 5.15. The SMILES string of the molecule is COC(CC(C)(O)c1cccc(F)c1F)OC. The van der Waals surface area contributed by atoms with Gasteiger partial charge in [0.05, 0.1) is 5.60 Å². The summed E-state index contributed by atoms with van der Waals surface area (Å²) in [6, 6.07) is 3.68. The maximum absolute atomic E-state index is 13.5. The van der Waals surface area contributed by atoms with Crippen molar-refractivity contribution in [1.82, 2.24) is 0 Å². The Morgan fingerprint density at radius 1 is 1.29 bits per heavy atom. The minimum Gasteiger partial charge on any atom is -0.385 e. The highest BCUT2D eigenvalue weighted by atomic mass is 19.2. The maximum atomic E-state index is 13.5. The molecule has 1 aromatic rings. The number of methoxy groups -OCH3 is 2. The third-order valence-electron chi connectivity index (χ3n) is 2.62. The van der Waals surface area contributed by atoms with Gasteiger partial charge in [-0.25, -0.2) is 8.78 Å². The van der Waals surface area contributed by atoms with E-state index in [4.69, 9.17) is 9.47 Å². The Hall–Kier alpha value is -1.04. The molecule has 0 aliphatic carbocycles. The lowest BCUT2D eigenvalue weighted by molar-refractivity contribution is -0.142. The normalized spacial score (nSPS) is 15.0. The lowest BCUT2D eigenvalue weighted by Gasteiger charge is -2.27. The predicted octanol–water partition coefficient (Wildman–Crippen LogP) is 2.18. The van der Waals surface area contributed by atoms with Crippen molar-refractivity contribution in [1.29, 1.82) is 0 Å². The van der Waals surface area contributed by atoms with Crippen LogP contribution in [0.4, 0.5) is 8.78 Å². The molecule has 0 saturated carbocycles. The molecule has 0 amide bonds. The van der Waals surface area contributed by atoms with E-state index in [0.717, 1.165) is 6.07 Å². The van der Waals surface area contributed by atoms with E-state index in [1.807, 2.05) is 0 Å². The molecule has 3 nitrogen and oxygen atoms in total. The van der Waals surface area contributed by atoms with Crippen molar-refractivity contribution < 1.29 is 23.4 Å². The van der Waals surface area contributed by atoms with Crippen LogP contribution < -0.4 is 0 Å². The number of ether oxygens (including phenoxy) is 2. The summed E-state index contributed by atoms with van der Waals surface area (Å²) in [4.78, 5) is 0. The maximum Gasteiger partial charge on any atom is 0.164 e. The van der Waals surface area contributed by atoms with Crippen LogP contribution in [0.5, 0.6) is 0 Å². The second-order valence-electron chi connectivity index (χ2n) is 3.98. The van der Waals surface area contributed by atoms with Gasteiger partial charge in [-0.1, -0.05) is 12.1 Å². The molecule has 0 aliphatic rings. The zero-order valence-electron chi connectivity index (χ0n) is 10.0. The minimum absolute atomic E-state index is 0.000370. The zero-order valence-corrected chi connectivity index (χ0v) is 10.0. The van der Waals surface area contributed by atoms with E-state index in [1.165, 1.54) is 33.3 Å². The zero-order chi connectivity index (χ0) is 13.1. The number of benzene rings is 1. The highest BCUT2D eigenvalue weighted by molar-refractivity contribution is 5.24. The lowest BCUT2D eigenvalue weighted by atomic mass is 9.91. The summed E-state index contributed by atoms with van der Waals surface area (Å²) in [7, 11) is 2.82. The van der Waals surface area contributed by atoms with Crippen LogP contribution in [0.3, 0.4) is 0 Å². The first-order chi connectivity index (χ1) is 7.92. The van der Waals surface area contributed by atoms with E-state index in [1.54, 1.807) is 0 Å². The van der Waals surface area contributed by atoms with Crippen LogP contribution in [0, 0.1) is 11.6 Å². The van der Waals surface area contributed by atoms with Gasteiger partial charge in [0.1, 0.15) is 0 Å². The smallest absolute Gasteiger partial charge is 0.164 e. The fraction of sp³-hybridized carbons (Fsp3) is 0.500. The molecule has 0 spiro atoms. The van der Waals surface area contributed by atoms with Gasteiger partial charge in [-0.05, 0) is 13.0 Å². The van der Waals surface area contributed by atoms with E-state index in [-0.39, 0.29) is 12.0 Å². The Bertz CT molecular complexity index is 376. The van der Waals surface area contributed by atoms with Gasteiger partial charge in [-0.3, -0.25) is 0 Å². The molecule has 5 heteroatoms. The number of hydrogen-bond donors (Lipinski definition) is 1. The average molecular weight is 246 g/mol. The molecule has 0 saturated heterocycles. The van der Waals surface area contributed by atoms with Gasteiger partial charge in [0.25, 0.3) is 0 Å². The van der Waals surface area contributed by atoms with Crippen molar-refractivity contribution in [2.45, 2.75) is 25.2 Å². The third-order valence-corrected chi connectivity index (χ3v) is 2.62. The van der Waals surface area contributed by atoms with Crippen molar-refractivity contribution in [2.24, 2.45) is 0 Å². The van der Waals surface area contributed by atoms with Gasteiger partial charge < -0.3 is 14.6 Å². The summed E-state index contributed by atoms with van der Waals surface area (Å²) in [5, 5.41) is 10.2. The highest BCUT2D eigenvalue weighted by Crippen LogP contribution is 2.29. The molecule has 1 N–H and O–H groups in total. The second-order valence-corrected chi connectivity index (χ2v) is 3.98. The summed E-state index contributed by atoms with van der Waals surface area (Å²) < 4.78 is 36.5. The number of hydrogen-bond acceptors (Lipinski definition) is 3. The largest absolute Gasteiger partial charge is 0.385 e. The van der Waals surface area contributed by atoms with E-state index in [9.17, 15) is 13.9 Å². The highest BCUT2D eigenvalue weighted by Gasteiger charge is 2.31. The quantitative estimate of drug-likeness (QED) is 0.809. The Morgan fingerprint density at radius 3 is 2.41 bits per heavy atom. The van der Waals surface area contributed by atoms with Crippen LogP contribution in [0.15, 0.2) is 18.2 Å². The van der Waals surface area contributed by atoms with Crippen LogP contribution in [-0.4, -0.2) is 25.6 Å². The molecule has 1 unspecified atom stereocenters. The molecule has 0 aromatic heterocycles. The molecule has 96 valence electrons. The molecule has 0 bridgehead atoms. The van der Waals surface area contributed by atoms with Crippen LogP contribution in [0.2, 0.25) is 0 Å². The molecule has 0 fully saturated rings. The molecule has 0 heterocycles. The van der Waals surface area contributed by atoms with E-state index in [0.29, 0.717) is 0 Å². The molecule has 1 aromatic carbocycles. The average Bonchev–Trinajstić information content (AvgIpc) is 2.29. The summed E-state index contributed by atoms with van der Waals surface area (Å²) in [5.41, 5.74) is -1.68. The summed E-state index contributed by atoms with van der Waals surface area (Å²) in [6.45, 7) is 1.38. The van der Waals surface area contributed by atoms with Crippen LogP contribution in [0.1, 0.15) is 18.9 Å². The van der Waals surface area contributed by atoms with Crippen molar-refractivity contribution in [3.63, 3.8) is 0 Å². The Kier molecular flexibility index (Phi) is 4.56. The van der Waals surface area contributed by atoms with Gasteiger partial charge in [0.15, 0.2) is 17.9 Å². The van der Waals surface area contributed by atoms with E-state index < -0.39 is 23.5 Å². The fourth-order valence-electron chi connectivity index (χ4n) is 1.62. The lowest BCUT2D eigenvalue weighted by Crippen LogP contribution is -2.30. The van der Waals surface area contributed by atoms with Crippen LogP contribution in [-0.2, 0) is 15.1 Å². The van der Waals surface area contributed by atoms with Crippen molar-refractivity contribution >= 4 is 0 Å². The van der Waals surface area contributed by atoms with Gasteiger partial charge in [-0.15, -0.1) is 0 Å². The van der Waals surface area contributed by atoms with Gasteiger partial charge in [-0.2, -0.15) is 0 Å². The summed E-state index contributed by atoms with van der Waals surface area (Å²) >= 11 is 0. The van der Waals surface area contributed by atoms with E-state index >= 15 is 0 Å². The van der Waals surface area contributed by atoms with Crippen molar-refractivity contribution in [3.05, 3.63) is 35.4 Å². The van der Waals surface area contributed by atoms with Crippen molar-refractivity contribution in [2.75, 3.05) is 14.2 Å². The molecular formula is C12H16F2O3. The standard InChI is InChI=1S/C12H16F2O3/c1-12(15,7-10(16-2)17-3)8-5-4-6-9(13)11(8)14/h4-6,10,15H,7H2,1-3H3. The Morgan fingerprint density at radius 2 is 1.88 bits per heavy atom. The van der Waals surface area contributed by atoms with Crippen LogP contribution >= 0.6 is 0 Å². The van der Waals surface area contributed by atoms with Crippen LogP contribution in [0.25, 0.3) is 0 Å². The van der Waals surface area contributed by atoms with Gasteiger partial charge in [0, 0.05) is 26.2 Å². The molecule has 0 aliphatic heterocycles.